The fraction of sp³-hybridized carbons (Fsp3) is 0.214. The van der Waals surface area contributed by atoms with Crippen LogP contribution in [-0.2, 0) is 10.0 Å². The van der Waals surface area contributed by atoms with Gasteiger partial charge in [0.25, 0.3) is 5.78 Å². The number of aryl methyl sites for hydroxylation is 1. The lowest BCUT2D eigenvalue weighted by Crippen LogP contribution is -2.22. The molecule has 1 N–H and O–H groups in total. The molecule has 2 aromatic heterocycles. The third-order valence-corrected chi connectivity index (χ3v) is 5.11. The van der Waals surface area contributed by atoms with Gasteiger partial charge in [-0.3, -0.25) is 0 Å². The molecule has 9 heteroatoms. The minimum atomic E-state index is -3.43. The van der Waals surface area contributed by atoms with Crippen LogP contribution in [0.2, 0.25) is 0 Å². The maximum absolute atomic E-state index is 12.1. The Balaban J connectivity index is 1.93. The Morgan fingerprint density at radius 2 is 1.87 bits per heavy atom. The first-order valence-corrected chi connectivity index (χ1v) is 8.29. The Kier molecular flexibility index (Phi) is 3.74. The molecule has 0 aliphatic carbocycles. The van der Waals surface area contributed by atoms with Gasteiger partial charge in [0.05, 0.1) is 4.90 Å². The normalized spacial score (nSPS) is 12.0. The third kappa shape index (κ3) is 2.88. The number of benzene rings is 1. The van der Waals surface area contributed by atoms with E-state index in [4.69, 9.17) is 0 Å². The quantitative estimate of drug-likeness (QED) is 0.777. The van der Waals surface area contributed by atoms with Crippen molar-refractivity contribution in [3.63, 3.8) is 0 Å². The van der Waals surface area contributed by atoms with E-state index in [9.17, 15) is 8.42 Å². The molecule has 3 rings (SSSR count). The lowest BCUT2D eigenvalue weighted by atomic mass is 10.3. The number of sulfonamides is 1. The topological polar surface area (TPSA) is 92.5 Å². The van der Waals surface area contributed by atoms with E-state index in [-0.39, 0.29) is 4.90 Å². The summed E-state index contributed by atoms with van der Waals surface area (Å²) in [5.41, 5.74) is 1.55. The molecule has 0 saturated carbocycles. The molecule has 0 spiro atoms. The Labute approximate surface area is 133 Å². The van der Waals surface area contributed by atoms with Gasteiger partial charge in [0.2, 0.25) is 10.0 Å². The largest absolute Gasteiger partial charge is 0.340 e. The second-order valence-electron chi connectivity index (χ2n) is 5.19. The van der Waals surface area contributed by atoms with E-state index in [1.165, 1.54) is 24.7 Å². The Morgan fingerprint density at radius 1 is 1.17 bits per heavy atom. The SMILES string of the molecule is Cc1cc(Nc2ccc(S(=O)(=O)N(C)C)cc2)n2ncnc2n1. The van der Waals surface area contributed by atoms with Gasteiger partial charge in [-0.2, -0.15) is 14.6 Å². The Morgan fingerprint density at radius 3 is 2.52 bits per heavy atom. The zero-order valence-corrected chi connectivity index (χ0v) is 13.7. The molecule has 0 amide bonds. The van der Waals surface area contributed by atoms with E-state index in [0.29, 0.717) is 11.6 Å². The molecule has 120 valence electrons. The molecule has 0 aliphatic heterocycles. The molecule has 2 heterocycles. The summed E-state index contributed by atoms with van der Waals surface area (Å²) in [7, 11) is -0.426. The predicted octanol–water partition coefficient (Wildman–Crippen LogP) is 1.43. The Hall–Kier alpha value is -2.52. The van der Waals surface area contributed by atoms with Crippen molar-refractivity contribution >= 4 is 27.3 Å². The summed E-state index contributed by atoms with van der Waals surface area (Å²) < 4.78 is 26.9. The molecule has 8 nitrogen and oxygen atoms in total. The number of aromatic nitrogens is 4. The van der Waals surface area contributed by atoms with Crippen molar-refractivity contribution in [1.29, 1.82) is 0 Å². The summed E-state index contributed by atoms with van der Waals surface area (Å²) in [4.78, 5) is 8.57. The fourth-order valence-electron chi connectivity index (χ4n) is 2.09. The monoisotopic (exact) mass is 332 g/mol. The van der Waals surface area contributed by atoms with Crippen molar-refractivity contribution in [2.75, 3.05) is 19.4 Å². The van der Waals surface area contributed by atoms with Gasteiger partial charge in [-0.05, 0) is 31.2 Å². The third-order valence-electron chi connectivity index (χ3n) is 3.29. The van der Waals surface area contributed by atoms with Gasteiger partial charge >= 0.3 is 0 Å². The molecular formula is C14H16N6O2S. The predicted molar refractivity (Wildman–Crippen MR) is 86.1 cm³/mol. The van der Waals surface area contributed by atoms with Crippen LogP contribution in [0.15, 0.2) is 41.6 Å². The van der Waals surface area contributed by atoms with Crippen LogP contribution in [0.4, 0.5) is 11.5 Å². The van der Waals surface area contributed by atoms with Crippen LogP contribution >= 0.6 is 0 Å². The van der Waals surface area contributed by atoms with Crippen molar-refractivity contribution in [2.24, 2.45) is 0 Å². The summed E-state index contributed by atoms with van der Waals surface area (Å²) in [6.07, 6.45) is 1.43. The average molecular weight is 332 g/mol. The number of hydrogen-bond acceptors (Lipinski definition) is 6. The van der Waals surface area contributed by atoms with Crippen molar-refractivity contribution in [1.82, 2.24) is 23.9 Å². The second-order valence-corrected chi connectivity index (χ2v) is 7.34. The lowest BCUT2D eigenvalue weighted by molar-refractivity contribution is 0.521. The van der Waals surface area contributed by atoms with Crippen LogP contribution in [0.1, 0.15) is 5.69 Å². The van der Waals surface area contributed by atoms with Gasteiger partial charge in [-0.25, -0.2) is 17.7 Å². The highest BCUT2D eigenvalue weighted by Crippen LogP contribution is 2.20. The first-order chi connectivity index (χ1) is 10.9. The number of hydrogen-bond donors (Lipinski definition) is 1. The van der Waals surface area contributed by atoms with Gasteiger partial charge in [0.15, 0.2) is 0 Å². The summed E-state index contributed by atoms with van der Waals surface area (Å²) >= 11 is 0. The van der Waals surface area contributed by atoms with Gasteiger partial charge in [0.1, 0.15) is 12.1 Å². The molecular weight excluding hydrogens is 316 g/mol. The van der Waals surface area contributed by atoms with Crippen molar-refractivity contribution in [3.05, 3.63) is 42.4 Å². The molecule has 0 saturated heterocycles. The van der Waals surface area contributed by atoms with E-state index >= 15 is 0 Å². The highest BCUT2D eigenvalue weighted by Gasteiger charge is 2.16. The molecule has 3 aromatic rings. The Bertz CT molecular complexity index is 947. The number of rotatable bonds is 4. The van der Waals surface area contributed by atoms with Crippen LogP contribution in [0.5, 0.6) is 0 Å². The molecule has 0 bridgehead atoms. The van der Waals surface area contributed by atoms with E-state index in [0.717, 1.165) is 11.4 Å². The minimum Gasteiger partial charge on any atom is -0.340 e. The van der Waals surface area contributed by atoms with Crippen LogP contribution in [0.25, 0.3) is 5.78 Å². The number of nitrogens with zero attached hydrogens (tertiary/aromatic N) is 5. The van der Waals surface area contributed by atoms with Crippen LogP contribution < -0.4 is 5.32 Å². The molecule has 1 aromatic carbocycles. The first kappa shape index (κ1) is 15.4. The summed E-state index contributed by atoms with van der Waals surface area (Å²) in [5, 5.41) is 7.31. The molecule has 0 atom stereocenters. The van der Waals surface area contributed by atoms with Gasteiger partial charge in [-0.1, -0.05) is 0 Å². The summed E-state index contributed by atoms with van der Waals surface area (Å²) in [6.45, 7) is 1.87. The van der Waals surface area contributed by atoms with Crippen LogP contribution in [0, 0.1) is 6.92 Å². The lowest BCUT2D eigenvalue weighted by Gasteiger charge is -2.12. The highest BCUT2D eigenvalue weighted by atomic mass is 32.2. The van der Waals surface area contributed by atoms with E-state index in [1.54, 1.807) is 28.8 Å². The summed E-state index contributed by atoms with van der Waals surface area (Å²) in [5.74, 6) is 1.20. The maximum atomic E-state index is 12.1. The standard InChI is InChI=1S/C14H16N6O2S/c1-10-8-13(20-14(17-10)15-9-16-20)18-11-4-6-12(7-5-11)23(21,22)19(2)3/h4-9,18H,1-3H3. The average Bonchev–Trinajstić information content (AvgIpc) is 2.96. The van der Waals surface area contributed by atoms with Crippen molar-refractivity contribution < 1.29 is 8.42 Å². The smallest absolute Gasteiger partial charge is 0.254 e. The number of nitrogens with one attached hydrogen (secondary N) is 1. The highest BCUT2D eigenvalue weighted by molar-refractivity contribution is 7.89. The molecule has 0 aliphatic rings. The number of anilines is 2. The van der Waals surface area contributed by atoms with Gasteiger partial charge < -0.3 is 5.32 Å². The zero-order valence-electron chi connectivity index (χ0n) is 12.9. The van der Waals surface area contributed by atoms with Crippen LogP contribution in [0.3, 0.4) is 0 Å². The number of fused-ring (bicyclic) bond motifs is 1. The van der Waals surface area contributed by atoms with E-state index in [2.05, 4.69) is 20.4 Å². The minimum absolute atomic E-state index is 0.241. The second kappa shape index (κ2) is 5.60. The van der Waals surface area contributed by atoms with E-state index in [1.807, 2.05) is 13.0 Å². The molecule has 0 radical (unpaired) electrons. The molecule has 0 fully saturated rings. The van der Waals surface area contributed by atoms with Gasteiger partial charge in [0, 0.05) is 31.5 Å². The fourth-order valence-corrected chi connectivity index (χ4v) is 2.99. The maximum Gasteiger partial charge on any atom is 0.254 e. The van der Waals surface area contributed by atoms with Gasteiger partial charge in [-0.15, -0.1) is 0 Å². The van der Waals surface area contributed by atoms with Crippen LogP contribution in [-0.4, -0.2) is 46.4 Å². The summed E-state index contributed by atoms with van der Waals surface area (Å²) in [6, 6.07) is 8.37. The van der Waals surface area contributed by atoms with Crippen molar-refractivity contribution in [2.45, 2.75) is 11.8 Å². The molecule has 23 heavy (non-hydrogen) atoms. The van der Waals surface area contributed by atoms with E-state index < -0.39 is 10.0 Å². The molecule has 0 unspecified atom stereocenters. The van der Waals surface area contributed by atoms with Crippen molar-refractivity contribution in [3.8, 4) is 0 Å². The zero-order chi connectivity index (χ0) is 16.6. The first-order valence-electron chi connectivity index (χ1n) is 6.85.